The van der Waals surface area contributed by atoms with Crippen LogP contribution in [0, 0.1) is 0 Å². The van der Waals surface area contributed by atoms with Gasteiger partial charge in [0.15, 0.2) is 5.65 Å². The van der Waals surface area contributed by atoms with Crippen LogP contribution in [0.25, 0.3) is 16.9 Å². The number of aromatic nitrogens is 3. The van der Waals surface area contributed by atoms with Crippen molar-refractivity contribution in [3.05, 3.63) is 108 Å². The Hall–Kier alpha value is -3.70. The summed E-state index contributed by atoms with van der Waals surface area (Å²) in [5.41, 5.74) is 5.15. The number of aliphatic hydroxyl groups is 2. The van der Waals surface area contributed by atoms with Crippen LogP contribution in [0.15, 0.2) is 85.1 Å². The zero-order valence-corrected chi connectivity index (χ0v) is 25.0. The number of imidazole rings is 1. The molecule has 0 radical (unpaired) electrons. The highest BCUT2D eigenvalue weighted by Crippen LogP contribution is 2.41. The van der Waals surface area contributed by atoms with Crippen LogP contribution < -0.4 is 9.47 Å². The van der Waals surface area contributed by atoms with Gasteiger partial charge in [-0.25, -0.2) is 9.97 Å². The number of thioether (sulfide) groups is 1. The summed E-state index contributed by atoms with van der Waals surface area (Å²) in [6, 6.07) is 25.1. The Labute approximate surface area is 254 Å². The molecule has 0 aliphatic heterocycles. The molecule has 42 heavy (non-hydrogen) atoms. The minimum Gasteiger partial charge on any atom is -0.497 e. The van der Waals surface area contributed by atoms with E-state index in [1.165, 1.54) is 11.8 Å². The summed E-state index contributed by atoms with van der Waals surface area (Å²) in [7, 11) is 3.23. The van der Waals surface area contributed by atoms with E-state index in [4.69, 9.17) is 19.4 Å². The van der Waals surface area contributed by atoms with Gasteiger partial charge in [-0.1, -0.05) is 42.5 Å². The standard InChI is InChI=1S/C32H33N3O5S2/c1-39-23-12-8-21(9-13-23)26-17-35-31(25(33-26)16-20-6-4-3-5-7-20)34-29(32(35)38)30(42-19-28(37)27(36)18-41)22-10-14-24(40-2)15-11-22/h3-15,17,27-28,30,36-38,41H,16,18-19H2,1-2H3/t27-,28-,30?/m1/s1/i30+1. The number of hydrogen-bond donors (Lipinski definition) is 4. The summed E-state index contributed by atoms with van der Waals surface area (Å²) in [6.45, 7) is 0. The topological polar surface area (TPSA) is 109 Å². The van der Waals surface area contributed by atoms with Crippen molar-refractivity contribution in [2.45, 2.75) is 23.9 Å². The molecule has 8 nitrogen and oxygen atoms in total. The van der Waals surface area contributed by atoms with Crippen molar-refractivity contribution in [2.75, 3.05) is 25.7 Å². The lowest BCUT2D eigenvalue weighted by molar-refractivity contribution is 0.0502. The Balaban J connectivity index is 1.64. The predicted octanol–water partition coefficient (Wildman–Crippen LogP) is 5.18. The molecular weight excluding hydrogens is 571 g/mol. The van der Waals surface area contributed by atoms with Crippen molar-refractivity contribution in [2.24, 2.45) is 0 Å². The summed E-state index contributed by atoms with van der Waals surface area (Å²) < 4.78 is 12.3. The van der Waals surface area contributed by atoms with Crippen LogP contribution in [0.4, 0.5) is 0 Å². The summed E-state index contributed by atoms with van der Waals surface area (Å²) >= 11 is 5.49. The second-order valence-electron chi connectivity index (χ2n) is 9.78. The van der Waals surface area contributed by atoms with Crippen LogP contribution in [0.1, 0.15) is 27.8 Å². The van der Waals surface area contributed by atoms with Crippen molar-refractivity contribution < 1.29 is 24.8 Å². The molecule has 0 bridgehead atoms. The van der Waals surface area contributed by atoms with E-state index in [1.807, 2.05) is 78.9 Å². The summed E-state index contributed by atoms with van der Waals surface area (Å²) in [5.74, 6) is 1.76. The van der Waals surface area contributed by atoms with E-state index in [-0.39, 0.29) is 17.4 Å². The Kier molecular flexibility index (Phi) is 9.58. The minimum atomic E-state index is -0.996. The molecule has 3 aromatic carbocycles. The van der Waals surface area contributed by atoms with E-state index >= 15 is 0 Å². The first-order chi connectivity index (χ1) is 20.4. The quantitative estimate of drug-likeness (QED) is 0.114. The van der Waals surface area contributed by atoms with Gasteiger partial charge in [-0.2, -0.15) is 12.6 Å². The van der Waals surface area contributed by atoms with E-state index in [1.54, 1.807) is 24.8 Å². The first kappa shape index (κ1) is 29.8. The molecule has 0 fully saturated rings. The number of thiol groups is 1. The molecule has 0 amide bonds. The number of aromatic hydroxyl groups is 1. The van der Waals surface area contributed by atoms with Crippen molar-refractivity contribution >= 4 is 30.0 Å². The molecule has 3 N–H and O–H groups in total. The van der Waals surface area contributed by atoms with Gasteiger partial charge in [0.1, 0.15) is 17.2 Å². The lowest BCUT2D eigenvalue weighted by Crippen LogP contribution is -2.29. The molecule has 2 aromatic heterocycles. The Morgan fingerprint density at radius 1 is 0.857 bits per heavy atom. The highest BCUT2D eigenvalue weighted by atomic mass is 32.2. The van der Waals surface area contributed by atoms with Gasteiger partial charge in [0, 0.05) is 29.7 Å². The molecule has 0 saturated heterocycles. The average molecular weight is 605 g/mol. The molecule has 0 saturated carbocycles. The third kappa shape index (κ3) is 6.52. The molecular formula is C32H33N3O5S2. The normalized spacial score (nSPS) is 13.5. The first-order valence-corrected chi connectivity index (χ1v) is 15.1. The zero-order valence-electron chi connectivity index (χ0n) is 23.3. The smallest absolute Gasteiger partial charge is 0.220 e. The lowest BCUT2D eigenvalue weighted by atomic mass is 10.1. The first-order valence-electron chi connectivity index (χ1n) is 13.4. The fourth-order valence-corrected chi connectivity index (χ4v) is 6.16. The van der Waals surface area contributed by atoms with Gasteiger partial charge in [0.2, 0.25) is 5.88 Å². The van der Waals surface area contributed by atoms with Crippen LogP contribution >= 0.6 is 24.4 Å². The van der Waals surface area contributed by atoms with Crippen LogP contribution in [0.3, 0.4) is 0 Å². The second-order valence-corrected chi connectivity index (χ2v) is 11.3. The fraction of sp³-hybridized carbons (Fsp3) is 0.250. The Morgan fingerprint density at radius 2 is 1.50 bits per heavy atom. The molecule has 10 heteroatoms. The number of methoxy groups -OCH3 is 2. The SMILES string of the molecule is COc1ccc(-c2cn3c(O)c([13CH](SC[C@@H](O)[C@H](O)CS)c4ccc(OC)cc4)nc3c(Cc3ccccc3)n2)cc1. The van der Waals surface area contributed by atoms with E-state index in [9.17, 15) is 15.3 Å². The number of rotatable bonds is 12. The van der Waals surface area contributed by atoms with Crippen LogP contribution in [-0.2, 0) is 6.42 Å². The Morgan fingerprint density at radius 3 is 2.12 bits per heavy atom. The molecule has 0 aliphatic carbocycles. The zero-order chi connectivity index (χ0) is 29.6. The molecule has 0 spiro atoms. The highest BCUT2D eigenvalue weighted by molar-refractivity contribution is 7.99. The van der Waals surface area contributed by atoms with Gasteiger partial charge in [-0.15, -0.1) is 11.8 Å². The summed E-state index contributed by atoms with van der Waals surface area (Å²) in [6.07, 6.45) is 0.328. The number of ether oxygens (including phenoxy) is 2. The number of benzene rings is 3. The summed E-state index contributed by atoms with van der Waals surface area (Å²) in [5, 5.41) is 31.9. The fourth-order valence-electron chi connectivity index (χ4n) is 4.64. The van der Waals surface area contributed by atoms with Gasteiger partial charge in [0.25, 0.3) is 0 Å². The maximum atomic E-state index is 11.7. The van der Waals surface area contributed by atoms with Gasteiger partial charge in [-0.3, -0.25) is 4.40 Å². The average Bonchev–Trinajstić information content (AvgIpc) is 3.37. The molecule has 0 aliphatic rings. The van der Waals surface area contributed by atoms with Crippen molar-refractivity contribution in [1.82, 2.24) is 14.4 Å². The monoisotopic (exact) mass is 604 g/mol. The minimum absolute atomic E-state index is 0.0194. The molecule has 2 heterocycles. The van der Waals surface area contributed by atoms with Gasteiger partial charge >= 0.3 is 0 Å². The van der Waals surface area contributed by atoms with Crippen LogP contribution in [-0.4, -0.2) is 67.6 Å². The van der Waals surface area contributed by atoms with Crippen molar-refractivity contribution in [1.29, 1.82) is 0 Å². The Bertz CT molecular complexity index is 1610. The molecule has 5 rings (SSSR count). The number of nitrogens with zero attached hydrogens (tertiary/aromatic N) is 3. The molecule has 3 atom stereocenters. The lowest BCUT2D eigenvalue weighted by Gasteiger charge is -2.20. The van der Waals surface area contributed by atoms with E-state index in [0.717, 1.165) is 22.4 Å². The number of aliphatic hydroxyl groups excluding tert-OH is 2. The van der Waals surface area contributed by atoms with E-state index < -0.39 is 17.5 Å². The van der Waals surface area contributed by atoms with E-state index in [2.05, 4.69) is 12.6 Å². The van der Waals surface area contributed by atoms with Crippen molar-refractivity contribution in [3.63, 3.8) is 0 Å². The number of fused-ring (bicyclic) bond motifs is 1. The molecule has 218 valence electrons. The number of hydrogen-bond acceptors (Lipinski definition) is 9. The maximum Gasteiger partial charge on any atom is 0.220 e. The van der Waals surface area contributed by atoms with Crippen molar-refractivity contribution in [3.8, 4) is 28.6 Å². The second kappa shape index (κ2) is 13.5. The van der Waals surface area contributed by atoms with Gasteiger partial charge in [-0.05, 0) is 47.5 Å². The molecule has 5 aromatic rings. The largest absolute Gasteiger partial charge is 0.497 e. The van der Waals surface area contributed by atoms with E-state index in [0.29, 0.717) is 34.9 Å². The maximum absolute atomic E-state index is 11.7. The van der Waals surface area contributed by atoms with Crippen LogP contribution in [0.5, 0.6) is 17.4 Å². The third-order valence-electron chi connectivity index (χ3n) is 7.01. The summed E-state index contributed by atoms with van der Waals surface area (Å²) in [4.78, 5) is 9.95. The predicted molar refractivity (Wildman–Crippen MR) is 169 cm³/mol. The van der Waals surface area contributed by atoms with Gasteiger partial charge < -0.3 is 24.8 Å². The highest BCUT2D eigenvalue weighted by Gasteiger charge is 2.27. The van der Waals surface area contributed by atoms with Gasteiger partial charge in [0.05, 0.1) is 43.1 Å². The third-order valence-corrected chi connectivity index (χ3v) is 8.75. The molecule has 1 unspecified atom stereocenters. The van der Waals surface area contributed by atoms with Crippen LogP contribution in [0.2, 0.25) is 0 Å².